The Labute approximate surface area is 142 Å². The highest BCUT2D eigenvalue weighted by atomic mass is 35.5. The lowest BCUT2D eigenvalue weighted by Gasteiger charge is -2.27. The van der Waals surface area contributed by atoms with Crippen LogP contribution in [0.2, 0.25) is 5.02 Å². The van der Waals surface area contributed by atoms with E-state index in [1.54, 1.807) is 0 Å². The van der Waals surface area contributed by atoms with Crippen LogP contribution in [0.3, 0.4) is 0 Å². The first-order valence-corrected chi connectivity index (χ1v) is 8.10. The topological polar surface area (TPSA) is 38.3 Å². The van der Waals surface area contributed by atoms with E-state index in [4.69, 9.17) is 16.3 Å². The van der Waals surface area contributed by atoms with Gasteiger partial charge in [-0.2, -0.15) is 0 Å². The molecular formula is C19H22ClNO2. The molecule has 0 aliphatic heterocycles. The second-order valence-corrected chi connectivity index (χ2v) is 6.38. The fourth-order valence-corrected chi connectivity index (χ4v) is 2.42. The first-order chi connectivity index (χ1) is 11.0. The molecule has 0 aromatic heterocycles. The molecular weight excluding hydrogens is 310 g/mol. The average Bonchev–Trinajstić information content (AvgIpc) is 2.52. The predicted octanol–water partition coefficient (Wildman–Crippen LogP) is 4.55. The Bertz CT molecular complexity index is 624. The van der Waals surface area contributed by atoms with Crippen LogP contribution in [0.15, 0.2) is 54.6 Å². The van der Waals surface area contributed by atoms with Crippen molar-refractivity contribution in [1.29, 1.82) is 0 Å². The number of rotatable bonds is 7. The van der Waals surface area contributed by atoms with Gasteiger partial charge in [-0.05, 0) is 50.1 Å². The zero-order valence-corrected chi connectivity index (χ0v) is 14.3. The van der Waals surface area contributed by atoms with Crippen LogP contribution in [0, 0.1) is 0 Å². The molecule has 122 valence electrons. The van der Waals surface area contributed by atoms with Crippen LogP contribution < -0.4 is 10.1 Å². The molecule has 0 fully saturated rings. The van der Waals surface area contributed by atoms with Gasteiger partial charge in [0.25, 0.3) is 0 Å². The van der Waals surface area contributed by atoms with Crippen molar-refractivity contribution in [2.45, 2.75) is 32.2 Å². The third-order valence-electron chi connectivity index (χ3n) is 3.58. The summed E-state index contributed by atoms with van der Waals surface area (Å²) < 4.78 is 5.59. The first kappa shape index (κ1) is 17.4. The number of benzene rings is 2. The van der Waals surface area contributed by atoms with E-state index in [0.717, 1.165) is 11.3 Å². The van der Waals surface area contributed by atoms with Crippen LogP contribution in [0.1, 0.15) is 32.3 Å². The molecule has 0 saturated heterocycles. The molecule has 0 aliphatic carbocycles. The van der Waals surface area contributed by atoms with E-state index in [-0.39, 0.29) is 5.91 Å². The number of nitrogens with one attached hydrogen (secondary N) is 1. The molecule has 4 heteroatoms. The van der Waals surface area contributed by atoms with E-state index in [0.29, 0.717) is 24.5 Å². The Morgan fingerprint density at radius 3 is 2.39 bits per heavy atom. The van der Waals surface area contributed by atoms with Crippen molar-refractivity contribution >= 4 is 17.5 Å². The van der Waals surface area contributed by atoms with E-state index < -0.39 is 5.54 Å². The Kier molecular flexibility index (Phi) is 6.05. The third-order valence-corrected chi connectivity index (χ3v) is 3.83. The number of carbonyl (C=O) groups is 1. The molecule has 3 nitrogen and oxygen atoms in total. The molecule has 0 unspecified atom stereocenters. The number of para-hydroxylation sites is 1. The number of hydrogen-bond acceptors (Lipinski definition) is 2. The van der Waals surface area contributed by atoms with Crippen LogP contribution in [-0.2, 0) is 10.3 Å². The minimum atomic E-state index is -0.429. The highest BCUT2D eigenvalue weighted by Gasteiger charge is 2.22. The van der Waals surface area contributed by atoms with Gasteiger partial charge in [0.1, 0.15) is 5.75 Å². The fourth-order valence-electron chi connectivity index (χ4n) is 2.29. The Balaban J connectivity index is 1.76. The molecule has 2 aromatic rings. The highest BCUT2D eigenvalue weighted by Crippen LogP contribution is 2.22. The van der Waals surface area contributed by atoms with Crippen molar-refractivity contribution in [3.05, 3.63) is 65.2 Å². The number of halogens is 1. The number of hydrogen-bond donors (Lipinski definition) is 1. The maximum absolute atomic E-state index is 12.1. The smallest absolute Gasteiger partial charge is 0.220 e. The van der Waals surface area contributed by atoms with Crippen molar-refractivity contribution < 1.29 is 9.53 Å². The summed E-state index contributed by atoms with van der Waals surface area (Å²) in [6.07, 6.45) is 1.11. The van der Waals surface area contributed by atoms with Crippen LogP contribution in [0.25, 0.3) is 0 Å². The largest absolute Gasteiger partial charge is 0.494 e. The first-order valence-electron chi connectivity index (χ1n) is 7.72. The maximum Gasteiger partial charge on any atom is 0.220 e. The SMILES string of the molecule is CC(C)(NC(=O)CCCOc1ccccc1)c1ccc(Cl)cc1. The van der Waals surface area contributed by atoms with Crippen LogP contribution in [-0.4, -0.2) is 12.5 Å². The van der Waals surface area contributed by atoms with E-state index in [1.807, 2.05) is 68.4 Å². The van der Waals surface area contributed by atoms with Gasteiger partial charge in [0.15, 0.2) is 0 Å². The molecule has 1 N–H and O–H groups in total. The van der Waals surface area contributed by atoms with E-state index in [9.17, 15) is 4.79 Å². The molecule has 0 aliphatic rings. The van der Waals surface area contributed by atoms with E-state index >= 15 is 0 Å². The van der Waals surface area contributed by atoms with Gasteiger partial charge in [-0.1, -0.05) is 41.9 Å². The lowest BCUT2D eigenvalue weighted by Crippen LogP contribution is -2.40. The zero-order chi connectivity index (χ0) is 16.7. The highest BCUT2D eigenvalue weighted by molar-refractivity contribution is 6.30. The third kappa shape index (κ3) is 5.61. The molecule has 1 amide bonds. The van der Waals surface area contributed by atoms with Gasteiger partial charge in [0.05, 0.1) is 12.1 Å². The van der Waals surface area contributed by atoms with Gasteiger partial charge in [0, 0.05) is 11.4 Å². The van der Waals surface area contributed by atoms with Crippen molar-refractivity contribution in [3.63, 3.8) is 0 Å². The van der Waals surface area contributed by atoms with Crippen molar-refractivity contribution in [2.75, 3.05) is 6.61 Å². The van der Waals surface area contributed by atoms with Gasteiger partial charge in [0.2, 0.25) is 5.91 Å². The Morgan fingerprint density at radius 2 is 1.74 bits per heavy atom. The predicted molar refractivity (Wildman–Crippen MR) is 93.8 cm³/mol. The second kappa shape index (κ2) is 8.02. The van der Waals surface area contributed by atoms with Crippen LogP contribution in [0.4, 0.5) is 0 Å². The van der Waals surface area contributed by atoms with E-state index in [2.05, 4.69) is 5.32 Å². The summed E-state index contributed by atoms with van der Waals surface area (Å²) in [7, 11) is 0. The van der Waals surface area contributed by atoms with Gasteiger partial charge < -0.3 is 10.1 Å². The lowest BCUT2D eigenvalue weighted by atomic mass is 9.94. The van der Waals surface area contributed by atoms with Crippen LogP contribution in [0.5, 0.6) is 5.75 Å². The van der Waals surface area contributed by atoms with Crippen LogP contribution >= 0.6 is 11.6 Å². The van der Waals surface area contributed by atoms with Gasteiger partial charge in [-0.15, -0.1) is 0 Å². The molecule has 0 saturated carbocycles. The van der Waals surface area contributed by atoms with Crippen molar-refractivity contribution in [1.82, 2.24) is 5.32 Å². The average molecular weight is 332 g/mol. The van der Waals surface area contributed by atoms with Gasteiger partial charge >= 0.3 is 0 Å². The van der Waals surface area contributed by atoms with Gasteiger partial charge in [-0.25, -0.2) is 0 Å². The minimum Gasteiger partial charge on any atom is -0.494 e. The minimum absolute atomic E-state index is 0.0154. The number of carbonyl (C=O) groups excluding carboxylic acids is 1. The zero-order valence-electron chi connectivity index (χ0n) is 13.5. The summed E-state index contributed by atoms with van der Waals surface area (Å²) in [6, 6.07) is 17.1. The molecule has 2 aromatic carbocycles. The quantitative estimate of drug-likeness (QED) is 0.756. The molecule has 0 bridgehead atoms. The monoisotopic (exact) mass is 331 g/mol. The van der Waals surface area contributed by atoms with Gasteiger partial charge in [-0.3, -0.25) is 4.79 Å². The summed E-state index contributed by atoms with van der Waals surface area (Å²) >= 11 is 5.90. The summed E-state index contributed by atoms with van der Waals surface area (Å²) in [5, 5.41) is 3.74. The summed E-state index contributed by atoms with van der Waals surface area (Å²) in [6.45, 7) is 4.49. The molecule has 2 rings (SSSR count). The molecule has 0 spiro atoms. The number of amides is 1. The molecule has 0 atom stereocenters. The normalized spacial score (nSPS) is 11.1. The van der Waals surface area contributed by atoms with Crippen molar-refractivity contribution in [2.24, 2.45) is 0 Å². The molecule has 0 radical (unpaired) electrons. The Morgan fingerprint density at radius 1 is 1.09 bits per heavy atom. The summed E-state index contributed by atoms with van der Waals surface area (Å²) in [4.78, 5) is 12.1. The molecule has 23 heavy (non-hydrogen) atoms. The molecule has 0 heterocycles. The fraction of sp³-hybridized carbons (Fsp3) is 0.316. The summed E-state index contributed by atoms with van der Waals surface area (Å²) in [5.74, 6) is 0.844. The standard InChI is InChI=1S/C19H22ClNO2/c1-19(2,15-10-12-16(20)13-11-15)21-18(22)9-6-14-23-17-7-4-3-5-8-17/h3-5,7-8,10-13H,6,9,14H2,1-2H3,(H,21,22). The lowest BCUT2D eigenvalue weighted by molar-refractivity contribution is -0.123. The second-order valence-electron chi connectivity index (χ2n) is 5.95. The van der Waals surface area contributed by atoms with E-state index in [1.165, 1.54) is 0 Å². The number of ether oxygens (including phenoxy) is 1. The Hall–Kier alpha value is -2.00. The van der Waals surface area contributed by atoms with Crippen molar-refractivity contribution in [3.8, 4) is 5.75 Å². The summed E-state index contributed by atoms with van der Waals surface area (Å²) in [5.41, 5.74) is 0.595. The maximum atomic E-state index is 12.1.